The van der Waals surface area contributed by atoms with Crippen LogP contribution in [0.15, 0.2) is 48.6 Å². The predicted molar refractivity (Wildman–Crippen MR) is 261 cm³/mol. The van der Waals surface area contributed by atoms with Crippen LogP contribution in [0.3, 0.4) is 0 Å². The van der Waals surface area contributed by atoms with E-state index in [-0.39, 0.29) is 31.1 Å². The van der Waals surface area contributed by atoms with Crippen molar-refractivity contribution in [3.63, 3.8) is 0 Å². The Morgan fingerprint density at radius 2 is 0.590 bits per heavy atom. The standard InChI is InChI=1S/C55H98O6/c1-4-7-10-13-16-19-21-23-25-27-29-31-33-36-39-42-45-48-54(57)60-51-52(50-59-53(56)47-44-41-38-35-18-15-12-9-6-3)61-55(58)49-46-43-40-37-34-32-30-28-26-24-22-20-17-14-11-8-5-2/h16,19,23-26,29,31,52H,4-15,17-18,20-22,27-28,30,32-51H2,1-3H3/b19-16-,25-23-,26-24-,31-29-/t52-/m1/s1. The predicted octanol–water partition coefficient (Wildman–Crippen LogP) is 17.1. The first-order chi connectivity index (χ1) is 30.0. The molecule has 0 bridgehead atoms. The molecule has 0 fully saturated rings. The maximum atomic E-state index is 12.8. The molecule has 0 aliphatic carbocycles. The average molecular weight is 855 g/mol. The fourth-order valence-corrected chi connectivity index (χ4v) is 7.33. The highest BCUT2D eigenvalue weighted by Crippen LogP contribution is 2.14. The van der Waals surface area contributed by atoms with Crippen LogP contribution in [-0.4, -0.2) is 37.2 Å². The Hall–Kier alpha value is -2.63. The molecule has 0 aromatic rings. The van der Waals surface area contributed by atoms with Crippen LogP contribution in [0.4, 0.5) is 0 Å². The molecule has 0 heterocycles. The van der Waals surface area contributed by atoms with E-state index in [1.807, 2.05) is 0 Å². The summed E-state index contributed by atoms with van der Waals surface area (Å²) in [6.07, 6.45) is 59.5. The van der Waals surface area contributed by atoms with Gasteiger partial charge in [-0.25, -0.2) is 0 Å². The van der Waals surface area contributed by atoms with Crippen molar-refractivity contribution in [2.45, 2.75) is 271 Å². The van der Waals surface area contributed by atoms with Crippen LogP contribution in [0.2, 0.25) is 0 Å². The van der Waals surface area contributed by atoms with Crippen molar-refractivity contribution in [2.75, 3.05) is 13.2 Å². The Labute approximate surface area is 378 Å². The van der Waals surface area contributed by atoms with Gasteiger partial charge < -0.3 is 14.2 Å². The van der Waals surface area contributed by atoms with Gasteiger partial charge in [-0.3, -0.25) is 14.4 Å². The third kappa shape index (κ3) is 48.3. The second kappa shape index (κ2) is 50.0. The van der Waals surface area contributed by atoms with Gasteiger partial charge >= 0.3 is 17.9 Å². The Morgan fingerprint density at radius 3 is 0.967 bits per heavy atom. The number of ether oxygens (including phenoxy) is 3. The minimum atomic E-state index is -0.781. The van der Waals surface area contributed by atoms with Gasteiger partial charge in [0, 0.05) is 19.3 Å². The summed E-state index contributed by atoms with van der Waals surface area (Å²) in [4.78, 5) is 37.9. The summed E-state index contributed by atoms with van der Waals surface area (Å²) in [5.41, 5.74) is 0. The monoisotopic (exact) mass is 855 g/mol. The van der Waals surface area contributed by atoms with E-state index in [9.17, 15) is 14.4 Å². The lowest BCUT2D eigenvalue weighted by Gasteiger charge is -2.18. The van der Waals surface area contributed by atoms with E-state index in [2.05, 4.69) is 69.4 Å². The summed E-state index contributed by atoms with van der Waals surface area (Å²) in [5.74, 6) is -0.903. The minimum absolute atomic E-state index is 0.0804. The van der Waals surface area contributed by atoms with E-state index in [0.717, 1.165) is 83.5 Å². The molecule has 6 nitrogen and oxygen atoms in total. The number of esters is 3. The highest BCUT2D eigenvalue weighted by atomic mass is 16.6. The smallest absolute Gasteiger partial charge is 0.306 e. The highest BCUT2D eigenvalue weighted by Gasteiger charge is 2.19. The quantitative estimate of drug-likeness (QED) is 0.0263. The van der Waals surface area contributed by atoms with Gasteiger partial charge in [0.05, 0.1) is 0 Å². The summed E-state index contributed by atoms with van der Waals surface area (Å²) in [7, 11) is 0. The second-order valence-electron chi connectivity index (χ2n) is 17.4. The molecule has 0 spiro atoms. The molecule has 0 aromatic heterocycles. The normalized spacial score (nSPS) is 12.4. The maximum absolute atomic E-state index is 12.8. The van der Waals surface area contributed by atoms with Gasteiger partial charge in [0.25, 0.3) is 0 Å². The number of allylic oxidation sites excluding steroid dienone is 8. The number of carbonyl (C=O) groups is 3. The van der Waals surface area contributed by atoms with E-state index >= 15 is 0 Å². The molecule has 0 saturated heterocycles. The average Bonchev–Trinajstić information content (AvgIpc) is 3.26. The van der Waals surface area contributed by atoms with Gasteiger partial charge in [-0.05, 0) is 83.5 Å². The molecule has 354 valence electrons. The molecular weight excluding hydrogens is 757 g/mol. The molecule has 0 saturated carbocycles. The fraction of sp³-hybridized carbons (Fsp3) is 0.800. The van der Waals surface area contributed by atoms with Crippen molar-refractivity contribution in [3.05, 3.63) is 48.6 Å². The number of unbranched alkanes of at least 4 members (excludes halogenated alkanes) is 28. The topological polar surface area (TPSA) is 78.9 Å². The molecule has 1 atom stereocenters. The second-order valence-corrected chi connectivity index (χ2v) is 17.4. The van der Waals surface area contributed by atoms with Gasteiger partial charge in [-0.15, -0.1) is 0 Å². The lowest BCUT2D eigenvalue weighted by molar-refractivity contribution is -0.167. The van der Waals surface area contributed by atoms with Crippen LogP contribution < -0.4 is 0 Å². The van der Waals surface area contributed by atoms with Crippen molar-refractivity contribution >= 4 is 17.9 Å². The third-order valence-corrected chi connectivity index (χ3v) is 11.3. The molecule has 0 amide bonds. The van der Waals surface area contributed by atoms with Crippen LogP contribution in [0.25, 0.3) is 0 Å². The largest absolute Gasteiger partial charge is 0.462 e. The van der Waals surface area contributed by atoms with Crippen molar-refractivity contribution in [3.8, 4) is 0 Å². The molecule has 61 heavy (non-hydrogen) atoms. The molecule has 0 unspecified atom stereocenters. The van der Waals surface area contributed by atoms with Gasteiger partial charge in [0.15, 0.2) is 6.10 Å². The zero-order valence-electron chi connectivity index (χ0n) is 40.4. The SMILES string of the molecule is CCCCC/C=C\C/C=C\C/C=C\CCCCCCC(=O)OC[C@@H](COC(=O)CCCCCCCCCCC)OC(=O)CCCCCCCCC/C=C\CCCCCCCC. The Bertz CT molecular complexity index is 1070. The summed E-state index contributed by atoms with van der Waals surface area (Å²) in [6, 6.07) is 0. The van der Waals surface area contributed by atoms with Gasteiger partial charge in [-0.2, -0.15) is 0 Å². The highest BCUT2D eigenvalue weighted by molar-refractivity contribution is 5.71. The van der Waals surface area contributed by atoms with Crippen molar-refractivity contribution in [2.24, 2.45) is 0 Å². The van der Waals surface area contributed by atoms with Crippen LogP contribution in [-0.2, 0) is 28.6 Å². The Balaban J connectivity index is 4.35. The molecule has 0 aliphatic rings. The van der Waals surface area contributed by atoms with Crippen LogP contribution in [0.5, 0.6) is 0 Å². The summed E-state index contributed by atoms with van der Waals surface area (Å²) in [5, 5.41) is 0. The van der Waals surface area contributed by atoms with Crippen LogP contribution in [0, 0.1) is 0 Å². The molecule has 0 radical (unpaired) electrons. The van der Waals surface area contributed by atoms with E-state index in [0.29, 0.717) is 19.3 Å². The Morgan fingerprint density at radius 1 is 0.328 bits per heavy atom. The zero-order valence-corrected chi connectivity index (χ0v) is 40.4. The van der Waals surface area contributed by atoms with Gasteiger partial charge in [0.2, 0.25) is 0 Å². The number of hydrogen-bond acceptors (Lipinski definition) is 6. The van der Waals surface area contributed by atoms with E-state index in [4.69, 9.17) is 14.2 Å². The number of hydrogen-bond donors (Lipinski definition) is 0. The lowest BCUT2D eigenvalue weighted by atomic mass is 10.1. The summed E-state index contributed by atoms with van der Waals surface area (Å²) in [6.45, 7) is 6.58. The van der Waals surface area contributed by atoms with Crippen LogP contribution >= 0.6 is 0 Å². The van der Waals surface area contributed by atoms with Gasteiger partial charge in [0.1, 0.15) is 13.2 Å². The minimum Gasteiger partial charge on any atom is -0.462 e. The zero-order chi connectivity index (χ0) is 44.4. The fourth-order valence-electron chi connectivity index (χ4n) is 7.33. The van der Waals surface area contributed by atoms with E-state index in [1.54, 1.807) is 0 Å². The maximum Gasteiger partial charge on any atom is 0.306 e. The summed E-state index contributed by atoms with van der Waals surface area (Å²) >= 11 is 0. The molecule has 0 aromatic carbocycles. The number of carbonyl (C=O) groups excluding carboxylic acids is 3. The van der Waals surface area contributed by atoms with Crippen molar-refractivity contribution in [1.82, 2.24) is 0 Å². The van der Waals surface area contributed by atoms with Crippen LogP contribution in [0.1, 0.15) is 265 Å². The third-order valence-electron chi connectivity index (χ3n) is 11.3. The molecule has 0 rings (SSSR count). The van der Waals surface area contributed by atoms with Gasteiger partial charge in [-0.1, -0.05) is 211 Å². The van der Waals surface area contributed by atoms with Crippen molar-refractivity contribution < 1.29 is 28.6 Å². The number of rotatable bonds is 47. The summed E-state index contributed by atoms with van der Waals surface area (Å²) < 4.78 is 16.8. The first-order valence-electron chi connectivity index (χ1n) is 26.1. The first-order valence-corrected chi connectivity index (χ1v) is 26.1. The lowest BCUT2D eigenvalue weighted by Crippen LogP contribution is -2.30. The molecule has 6 heteroatoms. The van der Waals surface area contributed by atoms with Crippen molar-refractivity contribution in [1.29, 1.82) is 0 Å². The molecule has 0 aliphatic heterocycles. The Kier molecular flexibility index (Phi) is 47.9. The molecular formula is C55H98O6. The molecule has 0 N–H and O–H groups in total. The van der Waals surface area contributed by atoms with E-state index < -0.39 is 6.10 Å². The first kappa shape index (κ1) is 58.4. The van der Waals surface area contributed by atoms with E-state index in [1.165, 1.54) is 141 Å².